The van der Waals surface area contributed by atoms with Crippen LogP contribution in [0.25, 0.3) is 5.69 Å². The van der Waals surface area contributed by atoms with Crippen molar-refractivity contribution >= 4 is 17.6 Å². The summed E-state index contributed by atoms with van der Waals surface area (Å²) in [4.78, 5) is 28.8. The Hall–Kier alpha value is -3.49. The number of aryl methyl sites for hydroxylation is 1. The topological polar surface area (TPSA) is 115 Å². The Kier molecular flexibility index (Phi) is 6.63. The van der Waals surface area contributed by atoms with E-state index in [0.717, 1.165) is 44.2 Å². The van der Waals surface area contributed by atoms with Gasteiger partial charge in [0.05, 0.1) is 5.69 Å². The summed E-state index contributed by atoms with van der Waals surface area (Å²) in [5, 5.41) is 14.4. The summed E-state index contributed by atoms with van der Waals surface area (Å²) < 4.78 is 7.12. The number of benzene rings is 1. The van der Waals surface area contributed by atoms with E-state index in [1.54, 1.807) is 16.9 Å². The first kappa shape index (κ1) is 21.7. The molecule has 4 rings (SSSR count). The van der Waals surface area contributed by atoms with Crippen molar-refractivity contribution in [3.63, 3.8) is 0 Å². The number of carbonyl (C=O) groups excluding carboxylic acids is 2. The molecule has 1 fully saturated rings. The van der Waals surface area contributed by atoms with Crippen molar-refractivity contribution in [3.8, 4) is 5.69 Å². The maximum atomic E-state index is 12.4. The van der Waals surface area contributed by atoms with Crippen LogP contribution in [-0.2, 0) is 21.5 Å². The molecule has 9 nitrogen and oxygen atoms in total. The number of hydrogen-bond acceptors (Lipinski definition) is 6. The van der Waals surface area contributed by atoms with E-state index in [0.29, 0.717) is 24.0 Å². The third-order valence-corrected chi connectivity index (χ3v) is 5.71. The molecular formula is C23H28N6O3. The van der Waals surface area contributed by atoms with Crippen molar-refractivity contribution in [1.82, 2.24) is 25.2 Å². The lowest BCUT2D eigenvalue weighted by Gasteiger charge is -2.30. The number of anilines is 1. The maximum Gasteiger partial charge on any atom is 0.227 e. The van der Waals surface area contributed by atoms with Crippen LogP contribution in [0.5, 0.6) is 0 Å². The molecule has 32 heavy (non-hydrogen) atoms. The summed E-state index contributed by atoms with van der Waals surface area (Å²) in [6, 6.07) is 11.4. The van der Waals surface area contributed by atoms with Crippen molar-refractivity contribution in [2.75, 3.05) is 5.32 Å². The zero-order valence-corrected chi connectivity index (χ0v) is 18.2. The van der Waals surface area contributed by atoms with Crippen LogP contribution in [0.15, 0.2) is 47.1 Å². The molecule has 0 spiro atoms. The van der Waals surface area contributed by atoms with Gasteiger partial charge in [0.15, 0.2) is 11.6 Å². The molecule has 1 aliphatic rings. The van der Waals surface area contributed by atoms with Gasteiger partial charge >= 0.3 is 0 Å². The Morgan fingerprint density at radius 2 is 1.84 bits per heavy atom. The van der Waals surface area contributed by atoms with Crippen molar-refractivity contribution in [2.24, 2.45) is 0 Å². The Labute approximate surface area is 186 Å². The molecule has 2 N–H and O–H groups in total. The first-order valence-corrected chi connectivity index (χ1v) is 11.1. The van der Waals surface area contributed by atoms with Gasteiger partial charge in [-0.15, -0.1) is 0 Å². The first-order valence-electron chi connectivity index (χ1n) is 11.1. The van der Waals surface area contributed by atoms with Gasteiger partial charge in [0.2, 0.25) is 17.7 Å². The molecule has 2 aromatic heterocycles. The van der Waals surface area contributed by atoms with E-state index in [4.69, 9.17) is 4.52 Å². The van der Waals surface area contributed by atoms with Crippen LogP contribution in [-0.4, -0.2) is 31.7 Å². The van der Waals surface area contributed by atoms with E-state index >= 15 is 0 Å². The molecule has 3 aromatic rings. The number of amides is 2. The quantitative estimate of drug-likeness (QED) is 0.548. The average molecular weight is 437 g/mol. The van der Waals surface area contributed by atoms with Crippen LogP contribution < -0.4 is 10.6 Å². The summed E-state index contributed by atoms with van der Waals surface area (Å²) >= 11 is 0. The van der Waals surface area contributed by atoms with Gasteiger partial charge in [-0.05, 0) is 25.0 Å². The van der Waals surface area contributed by atoms with Crippen molar-refractivity contribution in [2.45, 2.75) is 63.8 Å². The lowest BCUT2D eigenvalue weighted by molar-refractivity contribution is -0.121. The minimum absolute atomic E-state index is 0.104. The van der Waals surface area contributed by atoms with Gasteiger partial charge < -0.3 is 15.2 Å². The van der Waals surface area contributed by atoms with E-state index in [1.165, 1.54) is 6.92 Å². The molecule has 2 heterocycles. The highest BCUT2D eigenvalue weighted by atomic mass is 16.5. The van der Waals surface area contributed by atoms with Gasteiger partial charge in [-0.25, -0.2) is 4.68 Å². The SMILES string of the molecule is CC(=O)NC1(c2noc(CCC(=O)Nc3ccn(-c4ccccc4)n3)n2)CCCCCC1. The third-order valence-electron chi connectivity index (χ3n) is 5.71. The van der Waals surface area contributed by atoms with E-state index in [-0.39, 0.29) is 18.2 Å². The smallest absolute Gasteiger partial charge is 0.227 e. The highest BCUT2D eigenvalue weighted by Gasteiger charge is 2.38. The van der Waals surface area contributed by atoms with Crippen LogP contribution in [0.1, 0.15) is 63.6 Å². The van der Waals surface area contributed by atoms with Gasteiger partial charge in [0.1, 0.15) is 5.54 Å². The number of hydrogen-bond donors (Lipinski definition) is 2. The largest absolute Gasteiger partial charge is 0.343 e. The molecule has 0 atom stereocenters. The maximum absolute atomic E-state index is 12.4. The van der Waals surface area contributed by atoms with E-state index in [1.807, 2.05) is 30.3 Å². The highest BCUT2D eigenvalue weighted by Crippen LogP contribution is 2.34. The fourth-order valence-corrected chi connectivity index (χ4v) is 4.17. The first-order chi connectivity index (χ1) is 15.5. The molecule has 2 amide bonds. The molecule has 0 bridgehead atoms. The molecule has 0 aliphatic heterocycles. The summed E-state index contributed by atoms with van der Waals surface area (Å²) in [7, 11) is 0. The lowest BCUT2D eigenvalue weighted by atomic mass is 9.89. The van der Waals surface area contributed by atoms with Gasteiger partial charge in [0, 0.05) is 32.0 Å². The van der Waals surface area contributed by atoms with Crippen molar-refractivity contribution < 1.29 is 14.1 Å². The molecular weight excluding hydrogens is 408 g/mol. The molecule has 0 radical (unpaired) electrons. The minimum atomic E-state index is -0.587. The highest BCUT2D eigenvalue weighted by molar-refractivity contribution is 5.89. The number of nitrogens with zero attached hydrogens (tertiary/aromatic N) is 4. The standard InChI is InChI=1S/C23H28N6O3/c1-17(30)26-23(14-7-2-3-8-15-23)22-25-21(32-28-22)12-11-20(31)24-19-13-16-29(27-19)18-9-5-4-6-10-18/h4-6,9-10,13,16H,2-3,7-8,11-12,14-15H2,1H3,(H,26,30)(H,24,27,31). The number of nitrogens with one attached hydrogen (secondary N) is 2. The number of para-hydroxylation sites is 1. The summed E-state index contributed by atoms with van der Waals surface area (Å²) in [6.07, 6.45) is 8.14. The second-order valence-electron chi connectivity index (χ2n) is 8.22. The summed E-state index contributed by atoms with van der Waals surface area (Å²) in [6.45, 7) is 1.51. The van der Waals surface area contributed by atoms with Crippen LogP contribution in [0.3, 0.4) is 0 Å². The average Bonchev–Trinajstić information content (AvgIpc) is 3.39. The van der Waals surface area contributed by atoms with Gasteiger partial charge in [-0.3, -0.25) is 9.59 Å². The molecule has 168 valence electrons. The van der Waals surface area contributed by atoms with Crippen molar-refractivity contribution in [1.29, 1.82) is 0 Å². The molecule has 9 heteroatoms. The van der Waals surface area contributed by atoms with E-state index in [2.05, 4.69) is 25.9 Å². The van der Waals surface area contributed by atoms with Crippen LogP contribution >= 0.6 is 0 Å². The lowest BCUT2D eigenvalue weighted by Crippen LogP contribution is -2.45. The molecule has 1 saturated carbocycles. The van der Waals surface area contributed by atoms with E-state index in [9.17, 15) is 9.59 Å². The second-order valence-corrected chi connectivity index (χ2v) is 8.22. The molecule has 1 aliphatic carbocycles. The van der Waals surface area contributed by atoms with Crippen LogP contribution in [0, 0.1) is 0 Å². The number of aromatic nitrogens is 4. The zero-order valence-electron chi connectivity index (χ0n) is 18.2. The van der Waals surface area contributed by atoms with Gasteiger partial charge in [0.25, 0.3) is 0 Å². The Bertz CT molecular complexity index is 1050. The summed E-state index contributed by atoms with van der Waals surface area (Å²) in [5.74, 6) is 1.08. The molecule has 0 unspecified atom stereocenters. The predicted octanol–water partition coefficient (Wildman–Crippen LogP) is 3.51. The Balaban J connectivity index is 1.36. The van der Waals surface area contributed by atoms with Crippen molar-refractivity contribution in [3.05, 3.63) is 54.3 Å². The predicted molar refractivity (Wildman–Crippen MR) is 118 cm³/mol. The summed E-state index contributed by atoms with van der Waals surface area (Å²) in [5.41, 5.74) is 0.328. The normalized spacial score (nSPS) is 15.7. The molecule has 1 aromatic carbocycles. The minimum Gasteiger partial charge on any atom is -0.343 e. The monoisotopic (exact) mass is 436 g/mol. The molecule has 0 saturated heterocycles. The Morgan fingerprint density at radius 3 is 2.56 bits per heavy atom. The zero-order chi connectivity index (χ0) is 22.4. The fraction of sp³-hybridized carbons (Fsp3) is 0.435. The van der Waals surface area contributed by atoms with Crippen LogP contribution in [0.4, 0.5) is 5.82 Å². The van der Waals surface area contributed by atoms with Gasteiger partial charge in [-0.2, -0.15) is 10.1 Å². The Morgan fingerprint density at radius 1 is 1.09 bits per heavy atom. The number of rotatable bonds is 7. The van der Waals surface area contributed by atoms with E-state index < -0.39 is 5.54 Å². The van der Waals surface area contributed by atoms with Gasteiger partial charge in [-0.1, -0.05) is 49.0 Å². The third kappa shape index (κ3) is 5.22. The fourth-order valence-electron chi connectivity index (χ4n) is 4.17. The second kappa shape index (κ2) is 9.76. The number of carbonyl (C=O) groups is 2. The van der Waals surface area contributed by atoms with Crippen LogP contribution in [0.2, 0.25) is 0 Å².